The minimum absolute atomic E-state index is 0.113. The molecule has 3 nitrogen and oxygen atoms in total. The van der Waals surface area contributed by atoms with Crippen LogP contribution in [0.25, 0.3) is 0 Å². The molecule has 1 aromatic rings. The molecule has 1 aliphatic rings. The van der Waals surface area contributed by atoms with Gasteiger partial charge in [-0.1, -0.05) is 40.0 Å². The highest BCUT2D eigenvalue weighted by Gasteiger charge is 2.33. The second kappa shape index (κ2) is 7.17. The number of esters is 1. The number of methoxy groups -OCH3 is 1. The molecule has 0 atom stereocenters. The van der Waals surface area contributed by atoms with Gasteiger partial charge in [0.1, 0.15) is 11.5 Å². The number of carbonyl (C=O) groups excluding carboxylic acids is 1. The summed E-state index contributed by atoms with van der Waals surface area (Å²) in [5, 5.41) is 0. The van der Waals surface area contributed by atoms with E-state index in [0.717, 1.165) is 30.6 Å². The lowest BCUT2D eigenvalue weighted by Gasteiger charge is -2.36. The minimum Gasteiger partial charge on any atom is -0.496 e. The molecule has 0 saturated heterocycles. The van der Waals surface area contributed by atoms with Crippen LogP contribution in [0.5, 0.6) is 11.5 Å². The number of hydrogen-bond donors (Lipinski definition) is 0. The number of hydrogen-bond acceptors (Lipinski definition) is 3. The lowest BCUT2D eigenvalue weighted by atomic mass is 9.70. The van der Waals surface area contributed by atoms with Gasteiger partial charge in [0.15, 0.2) is 0 Å². The summed E-state index contributed by atoms with van der Waals surface area (Å²) < 4.78 is 11.2. The Kier molecular flexibility index (Phi) is 5.49. The van der Waals surface area contributed by atoms with Crippen molar-refractivity contribution < 1.29 is 14.3 Å². The first-order chi connectivity index (χ1) is 10.5. The molecule has 2 rings (SSSR count). The van der Waals surface area contributed by atoms with Gasteiger partial charge in [-0.2, -0.15) is 0 Å². The molecule has 0 aromatic heterocycles. The molecule has 122 valence electrons. The first-order valence-corrected chi connectivity index (χ1v) is 8.46. The summed E-state index contributed by atoms with van der Waals surface area (Å²) >= 11 is 0. The lowest BCUT2D eigenvalue weighted by Crippen LogP contribution is -2.26. The predicted molar refractivity (Wildman–Crippen MR) is 88.7 cm³/mol. The van der Waals surface area contributed by atoms with E-state index in [4.69, 9.17) is 9.47 Å². The third-order valence-electron chi connectivity index (χ3n) is 4.85. The highest BCUT2D eigenvalue weighted by molar-refractivity contribution is 5.72. The van der Waals surface area contributed by atoms with E-state index >= 15 is 0 Å². The van der Waals surface area contributed by atoms with Crippen LogP contribution in [-0.2, 0) is 16.6 Å². The standard InChI is InChI=1S/C19H28O3/c1-5-14-12-15(22-17(20)6-2)13-16(18(14)21-4)19(3)10-8-7-9-11-19/h12-13H,5-11H2,1-4H3. The highest BCUT2D eigenvalue weighted by atomic mass is 16.5. The lowest BCUT2D eigenvalue weighted by molar-refractivity contribution is -0.134. The van der Waals surface area contributed by atoms with Crippen molar-refractivity contribution in [3.05, 3.63) is 23.3 Å². The number of benzene rings is 1. The Balaban J connectivity index is 2.48. The molecule has 0 spiro atoms. The van der Waals surface area contributed by atoms with Crippen LogP contribution in [0.3, 0.4) is 0 Å². The highest BCUT2D eigenvalue weighted by Crippen LogP contribution is 2.45. The molecule has 3 heteroatoms. The van der Waals surface area contributed by atoms with E-state index in [-0.39, 0.29) is 11.4 Å². The van der Waals surface area contributed by atoms with Crippen LogP contribution < -0.4 is 9.47 Å². The Morgan fingerprint density at radius 1 is 1.18 bits per heavy atom. The summed E-state index contributed by atoms with van der Waals surface area (Å²) in [5.41, 5.74) is 2.43. The Morgan fingerprint density at radius 2 is 1.86 bits per heavy atom. The molecule has 22 heavy (non-hydrogen) atoms. The molecule has 0 N–H and O–H groups in total. The molecule has 1 fully saturated rings. The molecule has 0 aliphatic heterocycles. The Hall–Kier alpha value is -1.51. The van der Waals surface area contributed by atoms with Gasteiger partial charge in [-0.15, -0.1) is 0 Å². The first-order valence-electron chi connectivity index (χ1n) is 8.46. The largest absolute Gasteiger partial charge is 0.496 e. The van der Waals surface area contributed by atoms with Crippen molar-refractivity contribution in [3.63, 3.8) is 0 Å². The Labute approximate surface area is 134 Å². The molecule has 0 heterocycles. The normalized spacial score (nSPS) is 17.1. The van der Waals surface area contributed by atoms with E-state index in [1.54, 1.807) is 7.11 Å². The monoisotopic (exact) mass is 304 g/mol. The zero-order chi connectivity index (χ0) is 16.2. The first kappa shape index (κ1) is 16.9. The smallest absolute Gasteiger partial charge is 0.310 e. The summed E-state index contributed by atoms with van der Waals surface area (Å²) in [7, 11) is 1.74. The third-order valence-corrected chi connectivity index (χ3v) is 4.85. The van der Waals surface area contributed by atoms with Gasteiger partial charge in [0.25, 0.3) is 0 Å². The van der Waals surface area contributed by atoms with Crippen LogP contribution in [0, 0.1) is 0 Å². The van der Waals surface area contributed by atoms with Gasteiger partial charge >= 0.3 is 5.97 Å². The summed E-state index contributed by atoms with van der Waals surface area (Å²) in [5.74, 6) is 1.45. The fraction of sp³-hybridized carbons (Fsp3) is 0.632. The average molecular weight is 304 g/mol. The maximum Gasteiger partial charge on any atom is 0.310 e. The number of carbonyl (C=O) groups is 1. The van der Waals surface area contributed by atoms with Crippen LogP contribution in [-0.4, -0.2) is 13.1 Å². The number of ether oxygens (including phenoxy) is 2. The van der Waals surface area contributed by atoms with Crippen molar-refractivity contribution in [1.29, 1.82) is 0 Å². The molecule has 0 bridgehead atoms. The number of aryl methyl sites for hydroxylation is 1. The topological polar surface area (TPSA) is 35.5 Å². The van der Waals surface area contributed by atoms with E-state index < -0.39 is 0 Å². The molecule has 0 amide bonds. The molecule has 0 unspecified atom stereocenters. The van der Waals surface area contributed by atoms with Crippen LogP contribution in [0.1, 0.15) is 70.4 Å². The summed E-state index contributed by atoms with van der Waals surface area (Å²) in [4.78, 5) is 11.6. The van der Waals surface area contributed by atoms with Crippen LogP contribution in [0.15, 0.2) is 12.1 Å². The van der Waals surface area contributed by atoms with Crippen molar-refractivity contribution in [2.45, 2.75) is 71.1 Å². The SMILES string of the molecule is CCC(=O)Oc1cc(CC)c(OC)c(C2(C)CCCCC2)c1. The molecule has 1 aromatic carbocycles. The Morgan fingerprint density at radius 3 is 2.41 bits per heavy atom. The summed E-state index contributed by atoms with van der Waals surface area (Å²) in [6.07, 6.45) is 7.39. The Bertz CT molecular complexity index is 528. The van der Waals surface area contributed by atoms with Crippen molar-refractivity contribution >= 4 is 5.97 Å². The van der Waals surface area contributed by atoms with Gasteiger partial charge in [0, 0.05) is 12.0 Å². The fourth-order valence-electron chi connectivity index (χ4n) is 3.48. The zero-order valence-corrected chi connectivity index (χ0v) is 14.3. The van der Waals surface area contributed by atoms with Gasteiger partial charge < -0.3 is 9.47 Å². The molecule has 0 radical (unpaired) electrons. The van der Waals surface area contributed by atoms with E-state index in [0.29, 0.717) is 12.2 Å². The zero-order valence-electron chi connectivity index (χ0n) is 14.3. The van der Waals surface area contributed by atoms with Crippen LogP contribution >= 0.6 is 0 Å². The van der Waals surface area contributed by atoms with Crippen molar-refractivity contribution in [3.8, 4) is 11.5 Å². The number of rotatable bonds is 5. The van der Waals surface area contributed by atoms with Gasteiger partial charge in [0.05, 0.1) is 7.11 Å². The van der Waals surface area contributed by atoms with Crippen molar-refractivity contribution in [1.82, 2.24) is 0 Å². The predicted octanol–water partition coefficient (Wildman–Crippen LogP) is 4.79. The summed E-state index contributed by atoms with van der Waals surface area (Å²) in [6, 6.07) is 3.97. The molecule has 1 saturated carbocycles. The van der Waals surface area contributed by atoms with Crippen molar-refractivity contribution in [2.24, 2.45) is 0 Å². The van der Waals surface area contributed by atoms with Gasteiger partial charge in [-0.25, -0.2) is 0 Å². The van der Waals surface area contributed by atoms with Crippen molar-refractivity contribution in [2.75, 3.05) is 7.11 Å². The fourth-order valence-corrected chi connectivity index (χ4v) is 3.48. The summed E-state index contributed by atoms with van der Waals surface area (Å²) in [6.45, 7) is 6.24. The van der Waals surface area contributed by atoms with Gasteiger partial charge in [-0.3, -0.25) is 4.79 Å². The van der Waals surface area contributed by atoms with Gasteiger partial charge in [-0.05, 0) is 42.4 Å². The van der Waals surface area contributed by atoms with E-state index in [2.05, 4.69) is 13.8 Å². The molecule has 1 aliphatic carbocycles. The van der Waals surface area contributed by atoms with E-state index in [9.17, 15) is 4.79 Å². The van der Waals surface area contributed by atoms with Crippen LogP contribution in [0.4, 0.5) is 0 Å². The van der Waals surface area contributed by atoms with E-state index in [1.807, 2.05) is 19.1 Å². The maximum absolute atomic E-state index is 11.6. The third kappa shape index (κ3) is 3.45. The van der Waals surface area contributed by atoms with Gasteiger partial charge in [0.2, 0.25) is 0 Å². The van der Waals surface area contributed by atoms with E-state index in [1.165, 1.54) is 24.8 Å². The van der Waals surface area contributed by atoms with Crippen LogP contribution in [0.2, 0.25) is 0 Å². The average Bonchev–Trinajstić information content (AvgIpc) is 2.54. The second-order valence-corrected chi connectivity index (χ2v) is 6.47. The molecular weight excluding hydrogens is 276 g/mol. The quantitative estimate of drug-likeness (QED) is 0.579. The maximum atomic E-state index is 11.6. The minimum atomic E-state index is -0.188. The second-order valence-electron chi connectivity index (χ2n) is 6.47. The molecular formula is C19H28O3.